The van der Waals surface area contributed by atoms with Crippen molar-refractivity contribution < 1.29 is 14.3 Å². The highest BCUT2D eigenvalue weighted by molar-refractivity contribution is 9.10. The van der Waals surface area contributed by atoms with Gasteiger partial charge in [0, 0.05) is 16.2 Å². The fraction of sp³-hybridized carbons (Fsp3) is 0.0909. The summed E-state index contributed by atoms with van der Waals surface area (Å²) in [5.74, 6) is -1.47. The van der Waals surface area contributed by atoms with Gasteiger partial charge in [0.05, 0.1) is 6.54 Å². The second kappa shape index (κ2) is 4.67. The third kappa shape index (κ3) is 2.52. The van der Waals surface area contributed by atoms with E-state index in [0.29, 0.717) is 5.56 Å². The minimum absolute atomic E-state index is 0.0318. The molecule has 0 aliphatic rings. The molecule has 0 aliphatic heterocycles. The molecule has 0 atom stereocenters. The Balaban J connectivity index is 2.34. The molecule has 0 spiro atoms. The zero-order valence-electron chi connectivity index (χ0n) is 8.60. The van der Waals surface area contributed by atoms with Gasteiger partial charge in [-0.25, -0.2) is 9.18 Å². The van der Waals surface area contributed by atoms with Gasteiger partial charge in [0.25, 0.3) is 0 Å². The lowest BCUT2D eigenvalue weighted by atomic mass is 10.2. The van der Waals surface area contributed by atoms with Gasteiger partial charge in [0.1, 0.15) is 11.5 Å². The second-order valence-corrected chi connectivity index (χ2v) is 4.33. The van der Waals surface area contributed by atoms with Crippen molar-refractivity contribution in [2.24, 2.45) is 0 Å². The number of hydrogen-bond donors (Lipinski definition) is 1. The van der Waals surface area contributed by atoms with Gasteiger partial charge < -0.3 is 5.11 Å². The maximum Gasteiger partial charge on any atom is 0.354 e. The molecule has 0 unspecified atom stereocenters. The number of aromatic nitrogens is 2. The molecular weight excluding hydrogens is 291 g/mol. The zero-order chi connectivity index (χ0) is 12.4. The molecule has 1 aromatic carbocycles. The van der Waals surface area contributed by atoms with E-state index in [1.54, 1.807) is 12.1 Å². The Morgan fingerprint density at radius 2 is 2.24 bits per heavy atom. The number of carboxylic acid groups (broad SMARTS) is 1. The number of nitrogens with zero attached hydrogens (tertiary/aromatic N) is 2. The van der Waals surface area contributed by atoms with Gasteiger partial charge in [-0.1, -0.05) is 15.9 Å². The van der Waals surface area contributed by atoms with E-state index in [1.807, 2.05) is 0 Å². The van der Waals surface area contributed by atoms with E-state index in [0.717, 1.165) is 4.47 Å². The third-order valence-electron chi connectivity index (χ3n) is 2.26. The highest BCUT2D eigenvalue weighted by Gasteiger charge is 2.12. The Bertz CT molecular complexity index is 568. The summed E-state index contributed by atoms with van der Waals surface area (Å²) in [6.45, 7) is 0.0832. The summed E-state index contributed by atoms with van der Waals surface area (Å²) < 4.78 is 15.5. The number of halogens is 2. The van der Waals surface area contributed by atoms with E-state index in [1.165, 1.54) is 23.0 Å². The first-order valence-electron chi connectivity index (χ1n) is 4.77. The molecule has 0 radical (unpaired) electrons. The molecule has 0 fully saturated rings. The molecule has 0 bridgehead atoms. The van der Waals surface area contributed by atoms with Crippen molar-refractivity contribution in [2.75, 3.05) is 0 Å². The number of aromatic carboxylic acids is 1. The zero-order valence-corrected chi connectivity index (χ0v) is 10.2. The Morgan fingerprint density at radius 1 is 1.47 bits per heavy atom. The first-order valence-corrected chi connectivity index (χ1v) is 5.56. The summed E-state index contributed by atoms with van der Waals surface area (Å²) in [6.07, 6.45) is 1.37. The van der Waals surface area contributed by atoms with Crippen LogP contribution in [-0.2, 0) is 6.54 Å². The predicted molar refractivity (Wildman–Crippen MR) is 62.4 cm³/mol. The normalized spacial score (nSPS) is 10.5. The molecule has 6 heteroatoms. The maximum absolute atomic E-state index is 13.5. The first-order chi connectivity index (χ1) is 8.08. The molecule has 4 nitrogen and oxygen atoms in total. The molecule has 0 amide bonds. The van der Waals surface area contributed by atoms with Crippen LogP contribution in [0, 0.1) is 5.82 Å². The van der Waals surface area contributed by atoms with Crippen LogP contribution in [-0.4, -0.2) is 20.9 Å². The predicted octanol–water partition coefficient (Wildman–Crippen LogP) is 2.53. The van der Waals surface area contributed by atoms with E-state index < -0.39 is 5.97 Å². The van der Waals surface area contributed by atoms with Crippen molar-refractivity contribution in [3.8, 4) is 0 Å². The van der Waals surface area contributed by atoms with Crippen LogP contribution in [0.15, 0.2) is 34.9 Å². The third-order valence-corrected chi connectivity index (χ3v) is 2.76. The van der Waals surface area contributed by atoms with Crippen LogP contribution in [0.4, 0.5) is 4.39 Å². The molecule has 2 rings (SSSR count). The quantitative estimate of drug-likeness (QED) is 0.947. The molecule has 1 heterocycles. The van der Waals surface area contributed by atoms with Crippen molar-refractivity contribution in [2.45, 2.75) is 6.54 Å². The minimum atomic E-state index is -1.09. The highest BCUT2D eigenvalue weighted by atomic mass is 79.9. The fourth-order valence-corrected chi connectivity index (χ4v) is 1.87. The summed E-state index contributed by atoms with van der Waals surface area (Å²) in [5.41, 5.74) is 0.412. The van der Waals surface area contributed by atoms with Crippen LogP contribution in [0.3, 0.4) is 0 Å². The summed E-state index contributed by atoms with van der Waals surface area (Å²) in [5, 5.41) is 12.7. The molecule has 88 valence electrons. The van der Waals surface area contributed by atoms with E-state index in [2.05, 4.69) is 21.0 Å². The van der Waals surface area contributed by atoms with Crippen molar-refractivity contribution >= 4 is 21.9 Å². The molecule has 1 N–H and O–H groups in total. The van der Waals surface area contributed by atoms with Crippen LogP contribution >= 0.6 is 15.9 Å². The van der Waals surface area contributed by atoms with Crippen LogP contribution in [0.1, 0.15) is 16.1 Å². The molecule has 0 saturated carbocycles. The van der Waals surface area contributed by atoms with Crippen LogP contribution in [0.5, 0.6) is 0 Å². The lowest BCUT2D eigenvalue weighted by Gasteiger charge is -2.06. The standard InChI is InChI=1S/C11H8BrFN2O2/c12-8-1-2-9(13)7(5-8)6-15-10(11(16)17)3-4-14-15/h1-5H,6H2,(H,16,17). The minimum Gasteiger partial charge on any atom is -0.477 e. The van der Waals surface area contributed by atoms with Gasteiger partial charge in [0.2, 0.25) is 0 Å². The molecule has 2 aromatic rings. The van der Waals surface area contributed by atoms with Gasteiger partial charge in [0.15, 0.2) is 0 Å². The van der Waals surface area contributed by atoms with E-state index in [-0.39, 0.29) is 18.1 Å². The summed E-state index contributed by atoms with van der Waals surface area (Å²) in [6, 6.07) is 5.88. The molecular formula is C11H8BrFN2O2. The molecule has 0 saturated heterocycles. The number of carboxylic acids is 1. The summed E-state index contributed by atoms with van der Waals surface area (Å²) in [4.78, 5) is 10.9. The largest absolute Gasteiger partial charge is 0.477 e. The average Bonchev–Trinajstić information content (AvgIpc) is 2.71. The van der Waals surface area contributed by atoms with E-state index in [9.17, 15) is 9.18 Å². The Hall–Kier alpha value is -1.69. The molecule has 17 heavy (non-hydrogen) atoms. The Kier molecular flexibility index (Phi) is 3.23. The molecule has 0 aliphatic carbocycles. The van der Waals surface area contributed by atoms with E-state index >= 15 is 0 Å². The summed E-state index contributed by atoms with van der Waals surface area (Å²) in [7, 11) is 0. The lowest BCUT2D eigenvalue weighted by Crippen LogP contribution is -2.11. The van der Waals surface area contributed by atoms with Gasteiger partial charge >= 0.3 is 5.97 Å². The maximum atomic E-state index is 13.5. The van der Waals surface area contributed by atoms with Crippen molar-refractivity contribution in [3.63, 3.8) is 0 Å². The Morgan fingerprint density at radius 3 is 2.94 bits per heavy atom. The fourth-order valence-electron chi connectivity index (χ4n) is 1.47. The van der Waals surface area contributed by atoms with Crippen LogP contribution < -0.4 is 0 Å². The lowest BCUT2D eigenvalue weighted by molar-refractivity contribution is 0.0684. The smallest absolute Gasteiger partial charge is 0.354 e. The SMILES string of the molecule is O=C(O)c1ccnn1Cc1cc(Br)ccc1F. The average molecular weight is 299 g/mol. The van der Waals surface area contributed by atoms with Crippen molar-refractivity contribution in [1.29, 1.82) is 0 Å². The second-order valence-electron chi connectivity index (χ2n) is 3.41. The number of hydrogen-bond acceptors (Lipinski definition) is 2. The number of rotatable bonds is 3. The van der Waals surface area contributed by atoms with Crippen LogP contribution in [0.2, 0.25) is 0 Å². The molecule has 1 aromatic heterocycles. The van der Waals surface area contributed by atoms with Crippen molar-refractivity contribution in [1.82, 2.24) is 9.78 Å². The monoisotopic (exact) mass is 298 g/mol. The Labute approximate surface area is 105 Å². The first kappa shape index (κ1) is 11.8. The van der Waals surface area contributed by atoms with Gasteiger partial charge in [-0.3, -0.25) is 4.68 Å². The summed E-state index contributed by atoms with van der Waals surface area (Å²) >= 11 is 3.24. The number of carbonyl (C=O) groups is 1. The number of benzene rings is 1. The topological polar surface area (TPSA) is 55.1 Å². The highest BCUT2D eigenvalue weighted by Crippen LogP contribution is 2.17. The van der Waals surface area contributed by atoms with E-state index in [4.69, 9.17) is 5.11 Å². The van der Waals surface area contributed by atoms with Gasteiger partial charge in [-0.15, -0.1) is 0 Å². The van der Waals surface area contributed by atoms with Crippen LogP contribution in [0.25, 0.3) is 0 Å². The van der Waals surface area contributed by atoms with Gasteiger partial charge in [-0.05, 0) is 24.3 Å². The van der Waals surface area contributed by atoms with Crippen molar-refractivity contribution in [3.05, 3.63) is 52.0 Å². The van der Waals surface area contributed by atoms with Gasteiger partial charge in [-0.2, -0.15) is 5.10 Å².